The zero-order valence-corrected chi connectivity index (χ0v) is 12.4. The highest BCUT2D eigenvalue weighted by atomic mass is 19.1. The van der Waals surface area contributed by atoms with Gasteiger partial charge in [-0.1, -0.05) is 12.1 Å². The van der Waals surface area contributed by atoms with Gasteiger partial charge >= 0.3 is 6.03 Å². The average molecular weight is 302 g/mol. The molecular weight excluding hydrogens is 283 g/mol. The number of hydrogen-bond acceptors (Lipinski definition) is 2. The van der Waals surface area contributed by atoms with Gasteiger partial charge in [-0.05, 0) is 31.3 Å². The Balaban J connectivity index is 1.54. The number of para-hydroxylation sites is 1. The van der Waals surface area contributed by atoms with Gasteiger partial charge in [0.25, 0.3) is 0 Å². The molecule has 1 aliphatic heterocycles. The third-order valence-electron chi connectivity index (χ3n) is 3.99. The Morgan fingerprint density at radius 1 is 1.32 bits per heavy atom. The first-order valence-corrected chi connectivity index (χ1v) is 7.27. The molecule has 0 saturated carbocycles. The van der Waals surface area contributed by atoms with E-state index in [0.29, 0.717) is 6.54 Å². The summed E-state index contributed by atoms with van der Waals surface area (Å²) < 4.78 is 15.7. The largest absolute Gasteiger partial charge is 0.349 e. The van der Waals surface area contributed by atoms with Crippen LogP contribution in [-0.2, 0) is 13.1 Å². The van der Waals surface area contributed by atoms with E-state index in [4.69, 9.17) is 0 Å². The molecule has 1 atom stereocenters. The Morgan fingerprint density at radius 2 is 2.14 bits per heavy atom. The number of rotatable bonds is 3. The van der Waals surface area contributed by atoms with Crippen LogP contribution in [-0.4, -0.2) is 35.1 Å². The molecule has 2 heterocycles. The van der Waals surface area contributed by atoms with Crippen LogP contribution in [0.3, 0.4) is 0 Å². The minimum Gasteiger partial charge on any atom is -0.349 e. The van der Waals surface area contributed by atoms with E-state index in [-0.39, 0.29) is 11.7 Å². The van der Waals surface area contributed by atoms with Gasteiger partial charge in [0.1, 0.15) is 5.82 Å². The first-order valence-electron chi connectivity index (χ1n) is 7.27. The fraction of sp³-hybridized carbons (Fsp3) is 0.312. The number of likely N-dealkylation sites (N-methyl/N-ethyl adjacent to an activating group) is 1. The van der Waals surface area contributed by atoms with Crippen molar-refractivity contribution in [3.8, 4) is 0 Å². The number of nitrogens with one attached hydrogen (secondary N) is 2. The smallest absolute Gasteiger partial charge is 0.319 e. The van der Waals surface area contributed by atoms with Crippen LogP contribution in [0, 0.1) is 5.82 Å². The molecule has 0 spiro atoms. The Morgan fingerprint density at radius 3 is 2.95 bits per heavy atom. The van der Waals surface area contributed by atoms with Crippen molar-refractivity contribution < 1.29 is 9.18 Å². The van der Waals surface area contributed by atoms with Crippen LogP contribution in [0.25, 0.3) is 0 Å². The fourth-order valence-corrected chi connectivity index (χ4v) is 2.68. The standard InChI is InChI=1S/C16H19FN4O/c1-20-10-12-5-4-8-21(12)11-13(20)9-18-16(22)19-15-7-3-2-6-14(15)17/h2-8,13H,9-11H2,1H3,(H2,18,19,22). The number of hydrogen-bond donors (Lipinski definition) is 2. The highest BCUT2D eigenvalue weighted by Gasteiger charge is 2.23. The van der Waals surface area contributed by atoms with Crippen molar-refractivity contribution in [2.24, 2.45) is 0 Å². The van der Waals surface area contributed by atoms with Gasteiger partial charge in [0.2, 0.25) is 0 Å². The molecule has 2 aromatic rings. The van der Waals surface area contributed by atoms with Gasteiger partial charge in [-0.25, -0.2) is 9.18 Å². The van der Waals surface area contributed by atoms with Gasteiger partial charge in [0.15, 0.2) is 0 Å². The van der Waals surface area contributed by atoms with Crippen LogP contribution < -0.4 is 10.6 Å². The molecule has 3 rings (SSSR count). The molecule has 1 aromatic heterocycles. The normalized spacial score (nSPS) is 17.8. The molecule has 0 fully saturated rings. The second-order valence-electron chi connectivity index (χ2n) is 5.54. The van der Waals surface area contributed by atoms with Crippen molar-refractivity contribution in [3.05, 3.63) is 54.1 Å². The van der Waals surface area contributed by atoms with Crippen molar-refractivity contribution in [2.45, 2.75) is 19.1 Å². The Bertz CT molecular complexity index is 670. The molecule has 2 amide bonds. The fourth-order valence-electron chi connectivity index (χ4n) is 2.68. The maximum atomic E-state index is 13.5. The van der Waals surface area contributed by atoms with E-state index >= 15 is 0 Å². The third kappa shape index (κ3) is 3.12. The molecule has 0 saturated heterocycles. The Kier molecular flexibility index (Phi) is 4.11. The summed E-state index contributed by atoms with van der Waals surface area (Å²) >= 11 is 0. The number of aromatic nitrogens is 1. The molecule has 5 nitrogen and oxygen atoms in total. The summed E-state index contributed by atoms with van der Waals surface area (Å²) in [5, 5.41) is 5.34. The van der Waals surface area contributed by atoms with Crippen molar-refractivity contribution >= 4 is 11.7 Å². The number of amides is 2. The zero-order chi connectivity index (χ0) is 15.5. The summed E-state index contributed by atoms with van der Waals surface area (Å²) in [5.41, 5.74) is 1.46. The van der Waals surface area contributed by atoms with E-state index in [0.717, 1.165) is 13.1 Å². The first kappa shape index (κ1) is 14.6. The minimum atomic E-state index is -0.440. The molecule has 1 aliphatic rings. The van der Waals surface area contributed by atoms with Crippen LogP contribution in [0.15, 0.2) is 42.6 Å². The number of carbonyl (C=O) groups is 1. The van der Waals surface area contributed by atoms with E-state index in [1.54, 1.807) is 12.1 Å². The van der Waals surface area contributed by atoms with E-state index in [9.17, 15) is 9.18 Å². The maximum absolute atomic E-state index is 13.5. The van der Waals surface area contributed by atoms with Gasteiger partial charge < -0.3 is 15.2 Å². The summed E-state index contributed by atoms with van der Waals surface area (Å²) in [5.74, 6) is -0.440. The number of benzene rings is 1. The van der Waals surface area contributed by atoms with Crippen LogP contribution in [0.2, 0.25) is 0 Å². The topological polar surface area (TPSA) is 49.3 Å². The maximum Gasteiger partial charge on any atom is 0.319 e. The van der Waals surface area contributed by atoms with E-state index in [1.807, 2.05) is 13.1 Å². The molecule has 0 radical (unpaired) electrons. The van der Waals surface area contributed by atoms with E-state index < -0.39 is 11.8 Å². The molecule has 6 heteroatoms. The molecular formula is C16H19FN4O. The van der Waals surface area contributed by atoms with Crippen molar-refractivity contribution in [1.29, 1.82) is 0 Å². The summed E-state index contributed by atoms with van der Waals surface area (Å²) in [6.45, 7) is 2.20. The predicted molar refractivity (Wildman–Crippen MR) is 83.1 cm³/mol. The second-order valence-corrected chi connectivity index (χ2v) is 5.54. The van der Waals surface area contributed by atoms with Gasteiger partial charge in [-0.2, -0.15) is 0 Å². The highest BCUT2D eigenvalue weighted by Crippen LogP contribution is 2.16. The molecule has 1 aromatic carbocycles. The molecule has 2 N–H and O–H groups in total. The van der Waals surface area contributed by atoms with Crippen molar-refractivity contribution in [1.82, 2.24) is 14.8 Å². The van der Waals surface area contributed by atoms with Crippen molar-refractivity contribution in [2.75, 3.05) is 18.9 Å². The predicted octanol–water partition coefficient (Wildman–Crippen LogP) is 2.26. The molecule has 0 bridgehead atoms. The minimum absolute atomic E-state index is 0.185. The summed E-state index contributed by atoms with van der Waals surface area (Å²) in [4.78, 5) is 14.1. The highest BCUT2D eigenvalue weighted by molar-refractivity contribution is 5.89. The number of nitrogens with zero attached hydrogens (tertiary/aromatic N) is 2. The van der Waals surface area contributed by atoms with Crippen molar-refractivity contribution in [3.63, 3.8) is 0 Å². The lowest BCUT2D eigenvalue weighted by molar-refractivity contribution is 0.174. The van der Waals surface area contributed by atoms with Crippen LogP contribution in [0.1, 0.15) is 5.69 Å². The number of anilines is 1. The SMILES string of the molecule is CN1Cc2cccn2CC1CNC(=O)Nc1ccccc1F. The second kappa shape index (κ2) is 6.19. The zero-order valence-electron chi connectivity index (χ0n) is 12.4. The summed E-state index contributed by atoms with van der Waals surface area (Å²) in [7, 11) is 2.04. The lowest BCUT2D eigenvalue weighted by Gasteiger charge is -2.34. The van der Waals surface area contributed by atoms with Crippen LogP contribution in [0.4, 0.5) is 14.9 Å². The molecule has 1 unspecified atom stereocenters. The van der Waals surface area contributed by atoms with E-state index in [1.165, 1.54) is 17.8 Å². The van der Waals surface area contributed by atoms with Gasteiger partial charge in [-0.3, -0.25) is 4.90 Å². The lowest BCUT2D eigenvalue weighted by Crippen LogP contribution is -2.48. The summed E-state index contributed by atoms with van der Waals surface area (Å²) in [6.07, 6.45) is 2.05. The van der Waals surface area contributed by atoms with Gasteiger partial charge in [0.05, 0.1) is 5.69 Å². The van der Waals surface area contributed by atoms with Gasteiger partial charge in [-0.15, -0.1) is 0 Å². The monoisotopic (exact) mass is 302 g/mol. The van der Waals surface area contributed by atoms with Crippen LogP contribution >= 0.6 is 0 Å². The lowest BCUT2D eigenvalue weighted by atomic mass is 10.2. The average Bonchev–Trinajstić information content (AvgIpc) is 2.94. The molecule has 22 heavy (non-hydrogen) atoms. The number of carbonyl (C=O) groups excluding carboxylic acids is 1. The molecule has 0 aliphatic carbocycles. The number of fused-ring (bicyclic) bond motifs is 1. The van der Waals surface area contributed by atoms with Gasteiger partial charge in [0, 0.05) is 37.6 Å². The Hall–Kier alpha value is -2.34. The van der Waals surface area contributed by atoms with Crippen LogP contribution in [0.5, 0.6) is 0 Å². The third-order valence-corrected chi connectivity index (χ3v) is 3.99. The number of halogens is 1. The summed E-state index contributed by atoms with van der Waals surface area (Å²) in [6, 6.07) is 10.1. The first-order chi connectivity index (χ1) is 10.6. The Labute approximate surface area is 128 Å². The molecule has 116 valence electrons. The quantitative estimate of drug-likeness (QED) is 0.914. The number of urea groups is 1. The van der Waals surface area contributed by atoms with E-state index in [2.05, 4.69) is 32.4 Å².